The molecule has 2 heteroatoms. The summed E-state index contributed by atoms with van der Waals surface area (Å²) >= 11 is 1.89. The number of thiophene rings is 1. The Morgan fingerprint density at radius 1 is 1.42 bits per heavy atom. The van der Waals surface area contributed by atoms with Gasteiger partial charge in [-0.25, -0.2) is 0 Å². The van der Waals surface area contributed by atoms with Gasteiger partial charge >= 0.3 is 0 Å². The number of aryl methyl sites for hydroxylation is 1. The molecule has 2 rings (SSSR count). The fourth-order valence-corrected chi connectivity index (χ4v) is 4.37. The number of nitrogens with one attached hydrogen (secondary N) is 1. The number of rotatable bonds is 5. The van der Waals surface area contributed by atoms with Gasteiger partial charge in [0.15, 0.2) is 0 Å². The summed E-state index contributed by atoms with van der Waals surface area (Å²) in [5, 5.41) is 6.10. The fourth-order valence-electron chi connectivity index (χ4n) is 3.63. The lowest BCUT2D eigenvalue weighted by Crippen LogP contribution is -2.39. The Morgan fingerprint density at radius 2 is 2.21 bits per heavy atom. The third-order valence-corrected chi connectivity index (χ3v) is 5.70. The van der Waals surface area contributed by atoms with Gasteiger partial charge < -0.3 is 5.32 Å². The van der Waals surface area contributed by atoms with Crippen molar-refractivity contribution in [3.8, 4) is 0 Å². The van der Waals surface area contributed by atoms with Crippen LogP contribution in [0.4, 0.5) is 0 Å². The van der Waals surface area contributed by atoms with Crippen LogP contribution in [0.3, 0.4) is 0 Å². The zero-order chi connectivity index (χ0) is 13.9. The van der Waals surface area contributed by atoms with E-state index in [4.69, 9.17) is 0 Å². The Hall–Kier alpha value is -0.340. The van der Waals surface area contributed by atoms with Crippen LogP contribution in [0.1, 0.15) is 69.4 Å². The van der Waals surface area contributed by atoms with E-state index in [1.807, 2.05) is 11.3 Å². The average molecular weight is 279 g/mol. The van der Waals surface area contributed by atoms with E-state index in [1.165, 1.54) is 37.0 Å². The van der Waals surface area contributed by atoms with E-state index in [1.54, 1.807) is 5.56 Å². The van der Waals surface area contributed by atoms with E-state index in [0.717, 1.165) is 12.5 Å². The number of hydrogen-bond donors (Lipinski definition) is 1. The molecule has 0 aromatic carbocycles. The Morgan fingerprint density at radius 3 is 2.79 bits per heavy atom. The minimum atomic E-state index is 0.470. The van der Waals surface area contributed by atoms with Crippen molar-refractivity contribution in [3.63, 3.8) is 0 Å². The lowest BCUT2D eigenvalue weighted by atomic mass is 9.65. The highest BCUT2D eigenvalue weighted by molar-refractivity contribution is 7.10. The van der Waals surface area contributed by atoms with Crippen molar-refractivity contribution in [2.24, 2.45) is 11.3 Å². The van der Waals surface area contributed by atoms with Crippen LogP contribution < -0.4 is 5.32 Å². The molecule has 1 aromatic heterocycles. The molecule has 1 saturated carbocycles. The Kier molecular flexibility index (Phi) is 5.08. The number of hydrogen-bond acceptors (Lipinski definition) is 2. The molecule has 2 unspecified atom stereocenters. The topological polar surface area (TPSA) is 12.0 Å². The molecule has 2 atom stereocenters. The Bertz CT molecular complexity index is 394. The van der Waals surface area contributed by atoms with Crippen molar-refractivity contribution in [2.75, 3.05) is 6.54 Å². The van der Waals surface area contributed by atoms with Gasteiger partial charge in [-0.15, -0.1) is 11.3 Å². The normalized spacial score (nSPS) is 24.3. The summed E-state index contributed by atoms with van der Waals surface area (Å²) in [6.07, 6.45) is 6.79. The van der Waals surface area contributed by atoms with E-state index >= 15 is 0 Å². The summed E-state index contributed by atoms with van der Waals surface area (Å²) in [7, 11) is 0. The van der Waals surface area contributed by atoms with E-state index in [0.29, 0.717) is 11.5 Å². The quantitative estimate of drug-likeness (QED) is 0.770. The van der Waals surface area contributed by atoms with Gasteiger partial charge in [-0.05, 0) is 61.1 Å². The van der Waals surface area contributed by atoms with Crippen LogP contribution in [-0.2, 0) is 0 Å². The zero-order valence-corrected chi connectivity index (χ0v) is 13.8. The third-order valence-electron chi connectivity index (χ3n) is 4.84. The summed E-state index contributed by atoms with van der Waals surface area (Å²) < 4.78 is 0. The SMILES string of the molecule is CCCNC(c1ccsc1C)C1CCCCC1(C)C. The molecule has 1 nitrogen and oxygen atoms in total. The lowest BCUT2D eigenvalue weighted by Gasteiger charge is -2.44. The fraction of sp³-hybridized carbons (Fsp3) is 0.765. The van der Waals surface area contributed by atoms with Crippen LogP contribution >= 0.6 is 11.3 Å². The molecule has 19 heavy (non-hydrogen) atoms. The molecule has 0 spiro atoms. The molecule has 1 aliphatic rings. The first kappa shape index (κ1) is 15.1. The summed E-state index contributed by atoms with van der Waals surface area (Å²) in [5.41, 5.74) is 2.02. The molecule has 1 aliphatic carbocycles. The van der Waals surface area contributed by atoms with Crippen molar-refractivity contribution in [2.45, 2.75) is 65.8 Å². The van der Waals surface area contributed by atoms with E-state index in [2.05, 4.69) is 44.5 Å². The maximum Gasteiger partial charge on any atom is 0.0364 e. The standard InChI is InChI=1S/C17H29NS/c1-5-11-18-16(14-9-12-19-13(14)2)15-8-6-7-10-17(15,3)4/h9,12,15-16,18H,5-8,10-11H2,1-4H3. The monoisotopic (exact) mass is 279 g/mol. The maximum atomic E-state index is 3.84. The minimum absolute atomic E-state index is 0.470. The first-order valence-corrected chi connectivity index (χ1v) is 8.71. The summed E-state index contributed by atoms with van der Waals surface area (Å²) in [6, 6.07) is 2.90. The molecular weight excluding hydrogens is 250 g/mol. The highest BCUT2D eigenvalue weighted by atomic mass is 32.1. The van der Waals surface area contributed by atoms with Gasteiger partial charge in [0.2, 0.25) is 0 Å². The van der Waals surface area contributed by atoms with Crippen molar-refractivity contribution in [1.82, 2.24) is 5.32 Å². The second-order valence-corrected chi connectivity index (χ2v) is 7.83. The zero-order valence-electron chi connectivity index (χ0n) is 13.0. The van der Waals surface area contributed by atoms with Crippen molar-refractivity contribution < 1.29 is 0 Å². The van der Waals surface area contributed by atoms with Crippen LogP contribution in [0, 0.1) is 18.3 Å². The Balaban J connectivity index is 2.24. The van der Waals surface area contributed by atoms with Crippen molar-refractivity contribution >= 4 is 11.3 Å². The average Bonchev–Trinajstić information content (AvgIpc) is 2.78. The predicted molar refractivity (Wildman–Crippen MR) is 85.8 cm³/mol. The molecule has 0 saturated heterocycles. The van der Waals surface area contributed by atoms with Gasteiger partial charge in [-0.1, -0.05) is 33.6 Å². The van der Waals surface area contributed by atoms with Crippen LogP contribution in [0.25, 0.3) is 0 Å². The van der Waals surface area contributed by atoms with Crippen LogP contribution in [0.2, 0.25) is 0 Å². The first-order valence-electron chi connectivity index (χ1n) is 7.83. The molecule has 1 heterocycles. The summed E-state index contributed by atoms with van der Waals surface area (Å²) in [6.45, 7) is 10.6. The van der Waals surface area contributed by atoms with Gasteiger partial charge in [0.1, 0.15) is 0 Å². The van der Waals surface area contributed by atoms with Crippen LogP contribution in [-0.4, -0.2) is 6.54 Å². The summed E-state index contributed by atoms with van der Waals surface area (Å²) in [5.74, 6) is 0.779. The predicted octanol–water partition coefficient (Wildman–Crippen LogP) is 5.31. The largest absolute Gasteiger partial charge is 0.310 e. The van der Waals surface area contributed by atoms with Gasteiger partial charge in [0.05, 0.1) is 0 Å². The van der Waals surface area contributed by atoms with E-state index in [9.17, 15) is 0 Å². The van der Waals surface area contributed by atoms with Gasteiger partial charge in [-0.3, -0.25) is 0 Å². The van der Waals surface area contributed by atoms with E-state index in [-0.39, 0.29) is 0 Å². The second kappa shape index (κ2) is 6.41. The highest BCUT2D eigenvalue weighted by Crippen LogP contribution is 2.47. The maximum absolute atomic E-state index is 3.84. The molecule has 108 valence electrons. The third kappa shape index (κ3) is 3.41. The molecular formula is C17H29NS. The van der Waals surface area contributed by atoms with Gasteiger partial charge in [0.25, 0.3) is 0 Å². The second-order valence-electron chi connectivity index (χ2n) is 6.70. The molecule has 1 N–H and O–H groups in total. The molecule has 1 aromatic rings. The summed E-state index contributed by atoms with van der Waals surface area (Å²) in [4.78, 5) is 1.50. The Labute approximate surface area is 122 Å². The van der Waals surface area contributed by atoms with Crippen LogP contribution in [0.15, 0.2) is 11.4 Å². The van der Waals surface area contributed by atoms with Gasteiger partial charge in [0, 0.05) is 10.9 Å². The van der Waals surface area contributed by atoms with Crippen LogP contribution in [0.5, 0.6) is 0 Å². The molecule has 0 aliphatic heterocycles. The molecule has 0 bridgehead atoms. The van der Waals surface area contributed by atoms with E-state index < -0.39 is 0 Å². The molecule has 1 fully saturated rings. The first-order chi connectivity index (χ1) is 9.06. The molecule has 0 amide bonds. The molecule has 0 radical (unpaired) electrons. The lowest BCUT2D eigenvalue weighted by molar-refractivity contribution is 0.0981. The minimum Gasteiger partial charge on any atom is -0.310 e. The van der Waals surface area contributed by atoms with Crippen molar-refractivity contribution in [3.05, 3.63) is 21.9 Å². The highest BCUT2D eigenvalue weighted by Gasteiger charge is 2.38. The van der Waals surface area contributed by atoms with Crippen molar-refractivity contribution in [1.29, 1.82) is 0 Å². The smallest absolute Gasteiger partial charge is 0.0364 e. The van der Waals surface area contributed by atoms with Gasteiger partial charge in [-0.2, -0.15) is 0 Å².